The molecule has 8 nitrogen and oxygen atoms in total. The summed E-state index contributed by atoms with van der Waals surface area (Å²) < 4.78 is 10.4. The highest BCUT2D eigenvalue weighted by atomic mass is 16.5. The van der Waals surface area contributed by atoms with Crippen LogP contribution in [0.4, 0.5) is 10.5 Å². The van der Waals surface area contributed by atoms with Crippen molar-refractivity contribution in [1.82, 2.24) is 5.43 Å². The molecule has 0 fully saturated rings. The molecule has 2 amide bonds. The molecule has 2 aromatic rings. The van der Waals surface area contributed by atoms with E-state index in [1.165, 1.54) is 20.2 Å². The molecule has 0 unspecified atom stereocenters. The number of hydrazone groups is 1. The number of aliphatic carboxylic acids is 1. The molecular formula is C18H19N3O5. The largest absolute Gasteiger partial charge is 0.495 e. The fourth-order valence-corrected chi connectivity index (χ4v) is 1.95. The van der Waals surface area contributed by atoms with E-state index in [2.05, 4.69) is 15.8 Å². The van der Waals surface area contributed by atoms with Crippen LogP contribution in [0.25, 0.3) is 0 Å². The molecule has 1 atom stereocenters. The van der Waals surface area contributed by atoms with E-state index >= 15 is 0 Å². The van der Waals surface area contributed by atoms with Crippen LogP contribution in [-0.4, -0.2) is 36.5 Å². The number of amides is 2. The molecule has 0 aromatic heterocycles. The van der Waals surface area contributed by atoms with Gasteiger partial charge in [0, 0.05) is 0 Å². The zero-order chi connectivity index (χ0) is 18.9. The first-order valence-electron chi connectivity index (χ1n) is 7.72. The van der Waals surface area contributed by atoms with E-state index in [0.717, 1.165) is 0 Å². The second-order valence-corrected chi connectivity index (χ2v) is 5.19. The molecule has 136 valence electrons. The average molecular weight is 357 g/mol. The molecule has 0 radical (unpaired) electrons. The highest BCUT2D eigenvalue weighted by Gasteiger charge is 2.11. The van der Waals surface area contributed by atoms with E-state index in [1.807, 2.05) is 0 Å². The first kappa shape index (κ1) is 18.8. The Morgan fingerprint density at radius 3 is 2.50 bits per heavy atom. The summed E-state index contributed by atoms with van der Waals surface area (Å²) in [5.74, 6) is -0.0716. The van der Waals surface area contributed by atoms with Crippen molar-refractivity contribution >= 4 is 23.9 Å². The smallest absolute Gasteiger partial charge is 0.344 e. The van der Waals surface area contributed by atoms with Gasteiger partial charge in [0.1, 0.15) is 11.5 Å². The van der Waals surface area contributed by atoms with Crippen LogP contribution >= 0.6 is 0 Å². The first-order valence-corrected chi connectivity index (χ1v) is 7.72. The molecule has 0 aliphatic carbocycles. The Bertz CT molecular complexity index is 790. The number of nitrogens with zero attached hydrogens (tertiary/aromatic N) is 1. The topological polar surface area (TPSA) is 109 Å². The van der Waals surface area contributed by atoms with Gasteiger partial charge in [0.05, 0.1) is 19.0 Å². The van der Waals surface area contributed by atoms with E-state index in [-0.39, 0.29) is 0 Å². The molecule has 0 aliphatic rings. The second kappa shape index (κ2) is 9.07. The zero-order valence-corrected chi connectivity index (χ0v) is 14.3. The quantitative estimate of drug-likeness (QED) is 0.521. The van der Waals surface area contributed by atoms with Gasteiger partial charge < -0.3 is 19.9 Å². The van der Waals surface area contributed by atoms with Gasteiger partial charge in [0.2, 0.25) is 0 Å². The van der Waals surface area contributed by atoms with Crippen LogP contribution in [0.2, 0.25) is 0 Å². The third-order valence-corrected chi connectivity index (χ3v) is 3.28. The van der Waals surface area contributed by atoms with E-state index in [1.54, 1.807) is 48.5 Å². The van der Waals surface area contributed by atoms with E-state index in [4.69, 9.17) is 14.6 Å². The number of anilines is 1. The van der Waals surface area contributed by atoms with Crippen molar-refractivity contribution in [3.05, 3.63) is 54.1 Å². The Balaban J connectivity index is 1.87. The molecule has 2 aromatic carbocycles. The minimum Gasteiger partial charge on any atom is -0.495 e. The van der Waals surface area contributed by atoms with Crippen LogP contribution < -0.4 is 20.2 Å². The molecule has 0 heterocycles. The summed E-state index contributed by atoms with van der Waals surface area (Å²) in [5, 5.41) is 15.3. The van der Waals surface area contributed by atoms with Crippen molar-refractivity contribution in [2.45, 2.75) is 13.0 Å². The second-order valence-electron chi connectivity index (χ2n) is 5.19. The maximum atomic E-state index is 11.8. The summed E-state index contributed by atoms with van der Waals surface area (Å²) in [6.45, 7) is 1.45. The lowest BCUT2D eigenvalue weighted by Gasteiger charge is -2.10. The van der Waals surface area contributed by atoms with Crippen molar-refractivity contribution in [2.24, 2.45) is 5.10 Å². The third kappa shape index (κ3) is 5.52. The number of carboxylic acid groups (broad SMARTS) is 1. The number of para-hydroxylation sites is 2. The van der Waals surface area contributed by atoms with Crippen molar-refractivity contribution in [1.29, 1.82) is 0 Å². The Morgan fingerprint density at radius 2 is 1.85 bits per heavy atom. The first-order chi connectivity index (χ1) is 12.5. The number of hydrogen-bond donors (Lipinski definition) is 3. The number of methoxy groups -OCH3 is 1. The summed E-state index contributed by atoms with van der Waals surface area (Å²) in [6, 6.07) is 13.1. The summed E-state index contributed by atoms with van der Waals surface area (Å²) in [5.41, 5.74) is 3.58. The van der Waals surface area contributed by atoms with Gasteiger partial charge in [-0.3, -0.25) is 0 Å². The van der Waals surface area contributed by atoms with Crippen molar-refractivity contribution in [2.75, 3.05) is 12.4 Å². The maximum Gasteiger partial charge on any atom is 0.344 e. The van der Waals surface area contributed by atoms with Gasteiger partial charge in [-0.05, 0) is 48.9 Å². The average Bonchev–Trinajstić information content (AvgIpc) is 2.63. The molecule has 0 bridgehead atoms. The molecule has 0 spiro atoms. The molecule has 0 saturated carbocycles. The minimum absolute atomic E-state index is 0.430. The van der Waals surface area contributed by atoms with Crippen molar-refractivity contribution in [3.8, 4) is 11.5 Å². The Labute approximate surface area is 150 Å². The monoisotopic (exact) mass is 357 g/mol. The van der Waals surface area contributed by atoms with Gasteiger partial charge in [0.25, 0.3) is 0 Å². The summed E-state index contributed by atoms with van der Waals surface area (Å²) in [7, 11) is 1.52. The number of carbonyl (C=O) groups is 2. The molecule has 0 aliphatic heterocycles. The normalized spacial score (nSPS) is 11.6. The molecule has 2 rings (SSSR count). The fraction of sp³-hybridized carbons (Fsp3) is 0.167. The number of carboxylic acids is 1. The third-order valence-electron chi connectivity index (χ3n) is 3.28. The molecule has 26 heavy (non-hydrogen) atoms. The molecule has 0 saturated heterocycles. The Morgan fingerprint density at radius 1 is 1.15 bits per heavy atom. The van der Waals surface area contributed by atoms with Crippen LogP contribution in [-0.2, 0) is 4.79 Å². The summed E-state index contributed by atoms with van der Waals surface area (Å²) in [6.07, 6.45) is 0.515. The van der Waals surface area contributed by atoms with E-state index < -0.39 is 18.1 Å². The SMILES string of the molecule is COc1ccccc1NC(=O)N/N=C/c1ccc(O[C@H](C)C(=O)O)cc1. The minimum atomic E-state index is -1.04. The Kier molecular flexibility index (Phi) is 6.55. The van der Waals surface area contributed by atoms with Gasteiger partial charge >= 0.3 is 12.0 Å². The standard InChI is InChI=1S/C18H19N3O5/c1-12(17(22)23)26-14-9-7-13(8-10-14)11-19-21-18(24)20-15-5-3-4-6-16(15)25-2/h3-12H,1-2H3,(H,22,23)(H2,20,21,24)/b19-11+/t12-/m1/s1. The lowest BCUT2D eigenvalue weighted by molar-refractivity contribution is -0.144. The number of urea groups is 1. The van der Waals surface area contributed by atoms with Crippen LogP contribution in [0, 0.1) is 0 Å². The number of hydrogen-bond acceptors (Lipinski definition) is 5. The van der Waals surface area contributed by atoms with Gasteiger partial charge in [-0.15, -0.1) is 0 Å². The van der Waals surface area contributed by atoms with E-state index in [9.17, 15) is 9.59 Å². The van der Waals surface area contributed by atoms with Crippen LogP contribution in [0.5, 0.6) is 11.5 Å². The van der Waals surface area contributed by atoms with Crippen molar-refractivity contribution < 1.29 is 24.2 Å². The van der Waals surface area contributed by atoms with E-state index in [0.29, 0.717) is 22.7 Å². The van der Waals surface area contributed by atoms with Gasteiger partial charge in [-0.2, -0.15) is 5.10 Å². The number of nitrogens with one attached hydrogen (secondary N) is 2. The lowest BCUT2D eigenvalue weighted by Crippen LogP contribution is -2.24. The van der Waals surface area contributed by atoms with Crippen LogP contribution in [0.1, 0.15) is 12.5 Å². The molecular weight excluding hydrogens is 338 g/mol. The van der Waals surface area contributed by atoms with Crippen molar-refractivity contribution in [3.63, 3.8) is 0 Å². The highest BCUT2D eigenvalue weighted by molar-refractivity contribution is 5.91. The van der Waals surface area contributed by atoms with Crippen LogP contribution in [0.15, 0.2) is 53.6 Å². The fourth-order valence-electron chi connectivity index (χ4n) is 1.95. The number of ether oxygens (including phenoxy) is 2. The maximum absolute atomic E-state index is 11.8. The molecule has 3 N–H and O–H groups in total. The number of rotatable bonds is 7. The number of benzene rings is 2. The van der Waals surface area contributed by atoms with Crippen LogP contribution in [0.3, 0.4) is 0 Å². The zero-order valence-electron chi connectivity index (χ0n) is 14.3. The predicted molar refractivity (Wildman–Crippen MR) is 96.9 cm³/mol. The lowest BCUT2D eigenvalue weighted by atomic mass is 10.2. The molecule has 8 heteroatoms. The predicted octanol–water partition coefficient (Wildman–Crippen LogP) is 2.70. The summed E-state index contributed by atoms with van der Waals surface area (Å²) >= 11 is 0. The summed E-state index contributed by atoms with van der Waals surface area (Å²) in [4.78, 5) is 22.6. The Hall–Kier alpha value is -3.55. The van der Waals surface area contributed by atoms with Gasteiger partial charge in [-0.1, -0.05) is 12.1 Å². The van der Waals surface area contributed by atoms with Gasteiger partial charge in [-0.25, -0.2) is 15.0 Å². The number of carbonyl (C=O) groups excluding carboxylic acids is 1. The highest BCUT2D eigenvalue weighted by Crippen LogP contribution is 2.22. The van der Waals surface area contributed by atoms with Gasteiger partial charge in [0.15, 0.2) is 6.10 Å².